The van der Waals surface area contributed by atoms with Crippen molar-refractivity contribution in [2.45, 2.75) is 83.7 Å². The maximum atomic E-state index is 12.0. The van der Waals surface area contributed by atoms with Gasteiger partial charge in [0.2, 0.25) is 0 Å². The topological polar surface area (TPSA) is 63.6 Å². The van der Waals surface area contributed by atoms with Gasteiger partial charge in [-0.1, -0.05) is 68.4 Å². The van der Waals surface area contributed by atoms with Crippen molar-refractivity contribution < 1.29 is 23.9 Å². The van der Waals surface area contributed by atoms with Gasteiger partial charge in [0, 0.05) is 6.42 Å². The third-order valence-corrected chi connectivity index (χ3v) is 4.66. The summed E-state index contributed by atoms with van der Waals surface area (Å²) in [6.45, 7) is 2.71. The number of aliphatic carboxylic acids is 1. The number of carboxylic acid groups (broad SMARTS) is 1. The number of likely N-dealkylation sites (N-methyl/N-ethyl adjacent to an activating group) is 1. The monoisotopic (exact) mass is 448 g/mol. The Morgan fingerprint density at radius 3 is 1.78 bits per heavy atom. The van der Waals surface area contributed by atoms with E-state index in [2.05, 4.69) is 55.5 Å². The molecule has 0 saturated carbocycles. The van der Waals surface area contributed by atoms with Crippen LogP contribution in [0.3, 0.4) is 0 Å². The second-order valence-electron chi connectivity index (χ2n) is 9.16. The van der Waals surface area contributed by atoms with Gasteiger partial charge in [0.05, 0.1) is 27.6 Å². The minimum Gasteiger partial charge on any atom is -0.481 e. The van der Waals surface area contributed by atoms with Gasteiger partial charge < -0.3 is 14.3 Å². The van der Waals surface area contributed by atoms with Crippen molar-refractivity contribution in [2.75, 3.05) is 27.7 Å². The van der Waals surface area contributed by atoms with Crippen LogP contribution in [-0.2, 0) is 14.3 Å². The fraction of sp³-hybridized carbons (Fsp3) is 0.630. The zero-order chi connectivity index (χ0) is 24.1. The molecule has 0 spiro atoms. The SMILES string of the molecule is CCCCC/C=C\C/C=C\C/C=C\CC=CCCCC(=O)O[C@H](CC(=O)O)C[N+](C)(C)C. The van der Waals surface area contributed by atoms with E-state index in [9.17, 15) is 9.59 Å². The molecule has 0 unspecified atom stereocenters. The summed E-state index contributed by atoms with van der Waals surface area (Å²) in [5, 5.41) is 9.01. The molecule has 182 valence electrons. The van der Waals surface area contributed by atoms with E-state index in [-0.39, 0.29) is 12.4 Å². The molecule has 0 aliphatic carbocycles. The number of carbonyl (C=O) groups excluding carboxylic acids is 1. The number of hydrogen-bond donors (Lipinski definition) is 1. The molecule has 0 fully saturated rings. The first-order valence-electron chi connectivity index (χ1n) is 12.1. The molecule has 0 saturated heterocycles. The molecule has 5 heteroatoms. The van der Waals surface area contributed by atoms with E-state index in [1.807, 2.05) is 21.1 Å². The number of nitrogens with zero attached hydrogens (tertiary/aromatic N) is 1. The van der Waals surface area contributed by atoms with Gasteiger partial charge in [0.25, 0.3) is 0 Å². The number of hydrogen-bond acceptors (Lipinski definition) is 3. The largest absolute Gasteiger partial charge is 0.481 e. The minimum absolute atomic E-state index is 0.154. The smallest absolute Gasteiger partial charge is 0.307 e. The van der Waals surface area contributed by atoms with Crippen molar-refractivity contribution in [1.29, 1.82) is 0 Å². The third-order valence-electron chi connectivity index (χ3n) is 4.66. The van der Waals surface area contributed by atoms with Gasteiger partial charge in [0.15, 0.2) is 6.10 Å². The highest BCUT2D eigenvalue weighted by molar-refractivity contribution is 5.71. The Morgan fingerprint density at radius 2 is 1.31 bits per heavy atom. The zero-order valence-electron chi connectivity index (χ0n) is 20.8. The van der Waals surface area contributed by atoms with Crippen molar-refractivity contribution in [3.63, 3.8) is 0 Å². The summed E-state index contributed by atoms with van der Waals surface area (Å²) in [5.41, 5.74) is 0. The van der Waals surface area contributed by atoms with E-state index in [1.165, 1.54) is 25.7 Å². The second-order valence-corrected chi connectivity index (χ2v) is 9.16. The van der Waals surface area contributed by atoms with Crippen LogP contribution in [0.4, 0.5) is 0 Å². The summed E-state index contributed by atoms with van der Waals surface area (Å²) in [6.07, 6.45) is 26.4. The van der Waals surface area contributed by atoms with Gasteiger partial charge in [-0.05, 0) is 44.9 Å². The summed E-state index contributed by atoms with van der Waals surface area (Å²) < 4.78 is 5.93. The first-order chi connectivity index (χ1) is 15.2. The van der Waals surface area contributed by atoms with Gasteiger partial charge in [-0.3, -0.25) is 9.59 Å². The van der Waals surface area contributed by atoms with E-state index in [4.69, 9.17) is 9.84 Å². The molecule has 1 N–H and O–H groups in total. The highest BCUT2D eigenvalue weighted by Crippen LogP contribution is 2.08. The zero-order valence-corrected chi connectivity index (χ0v) is 20.8. The minimum atomic E-state index is -0.947. The highest BCUT2D eigenvalue weighted by Gasteiger charge is 2.24. The average molecular weight is 449 g/mol. The molecule has 0 heterocycles. The van der Waals surface area contributed by atoms with Crippen LogP contribution in [-0.4, -0.2) is 55.3 Å². The maximum absolute atomic E-state index is 12.0. The summed E-state index contributed by atoms with van der Waals surface area (Å²) in [5.74, 6) is -1.27. The van der Waals surface area contributed by atoms with Gasteiger partial charge >= 0.3 is 11.9 Å². The number of unbranched alkanes of at least 4 members (excludes halogenated alkanes) is 4. The van der Waals surface area contributed by atoms with E-state index in [1.54, 1.807) is 0 Å². The number of ether oxygens (including phenoxy) is 1. The number of esters is 1. The van der Waals surface area contributed by atoms with Crippen molar-refractivity contribution >= 4 is 11.9 Å². The molecule has 0 aliphatic rings. The number of carbonyl (C=O) groups is 2. The Labute approximate surface area is 196 Å². The van der Waals surface area contributed by atoms with E-state index >= 15 is 0 Å². The lowest BCUT2D eigenvalue weighted by molar-refractivity contribution is -0.873. The molecular weight excluding hydrogens is 402 g/mol. The van der Waals surface area contributed by atoms with Crippen LogP contribution in [0.2, 0.25) is 0 Å². The molecule has 0 aliphatic heterocycles. The summed E-state index contributed by atoms with van der Waals surface area (Å²) >= 11 is 0. The Hall–Kier alpha value is -2.14. The van der Waals surface area contributed by atoms with Gasteiger partial charge in [0.1, 0.15) is 6.54 Å². The fourth-order valence-corrected chi connectivity index (χ4v) is 3.12. The van der Waals surface area contributed by atoms with Crippen LogP contribution < -0.4 is 0 Å². The van der Waals surface area contributed by atoms with Crippen LogP contribution in [0.5, 0.6) is 0 Å². The van der Waals surface area contributed by atoms with Crippen molar-refractivity contribution in [3.8, 4) is 0 Å². The molecular formula is C27H46NO4+. The van der Waals surface area contributed by atoms with Gasteiger partial charge in [-0.2, -0.15) is 0 Å². The second kappa shape index (κ2) is 19.5. The fourth-order valence-electron chi connectivity index (χ4n) is 3.12. The van der Waals surface area contributed by atoms with E-state index < -0.39 is 12.1 Å². The molecule has 0 aromatic rings. The van der Waals surface area contributed by atoms with Gasteiger partial charge in [-0.25, -0.2) is 0 Å². The molecule has 1 atom stereocenters. The van der Waals surface area contributed by atoms with Crippen LogP contribution in [0.1, 0.15) is 77.6 Å². The lowest BCUT2D eigenvalue weighted by Crippen LogP contribution is -2.43. The van der Waals surface area contributed by atoms with Crippen LogP contribution in [0.15, 0.2) is 48.6 Å². The maximum Gasteiger partial charge on any atom is 0.307 e. The summed E-state index contributed by atoms with van der Waals surface area (Å²) in [7, 11) is 5.85. The van der Waals surface area contributed by atoms with E-state index in [0.717, 1.165) is 25.7 Å². The first-order valence-corrected chi connectivity index (χ1v) is 12.1. The predicted octanol–water partition coefficient (Wildman–Crippen LogP) is 6.22. The molecule has 0 amide bonds. The lowest BCUT2D eigenvalue weighted by Gasteiger charge is -2.28. The summed E-state index contributed by atoms with van der Waals surface area (Å²) in [4.78, 5) is 23.0. The standard InChI is InChI=1S/C27H45NO4/c1-5-6-7-8-9-10-11-12-13-14-15-16-17-18-19-20-21-22-27(31)32-25(23-26(29)30)24-28(2,3)4/h9-10,12-13,15-16,18-19,25H,5-8,11,14,17,20-24H2,1-4H3/p+1/b10-9-,13-12-,16-15-,19-18?/t25-/m1/s1. The molecule has 5 nitrogen and oxygen atoms in total. The van der Waals surface area contributed by atoms with Crippen molar-refractivity contribution in [3.05, 3.63) is 48.6 Å². The molecule has 0 bridgehead atoms. The number of carboxylic acids is 1. The Bertz CT molecular complexity index is 612. The third kappa shape index (κ3) is 22.5. The Balaban J connectivity index is 3.86. The molecule has 0 aromatic carbocycles. The van der Waals surface area contributed by atoms with Crippen LogP contribution in [0.25, 0.3) is 0 Å². The molecule has 32 heavy (non-hydrogen) atoms. The van der Waals surface area contributed by atoms with Gasteiger partial charge in [-0.15, -0.1) is 0 Å². The van der Waals surface area contributed by atoms with Crippen molar-refractivity contribution in [2.24, 2.45) is 0 Å². The van der Waals surface area contributed by atoms with Crippen LogP contribution in [0, 0.1) is 0 Å². The summed E-state index contributed by atoms with van der Waals surface area (Å²) in [6, 6.07) is 0. The highest BCUT2D eigenvalue weighted by atomic mass is 16.5. The number of rotatable bonds is 19. The van der Waals surface area contributed by atoms with Crippen LogP contribution >= 0.6 is 0 Å². The lowest BCUT2D eigenvalue weighted by atomic mass is 10.2. The molecule has 0 radical (unpaired) electrons. The Kier molecular flexibility index (Phi) is 18.2. The molecule has 0 rings (SSSR count). The first kappa shape index (κ1) is 29.9. The average Bonchev–Trinajstić information content (AvgIpc) is 2.68. The normalized spacial score (nSPS) is 13.6. The Morgan fingerprint density at radius 1 is 0.812 bits per heavy atom. The predicted molar refractivity (Wildman–Crippen MR) is 133 cm³/mol. The molecule has 0 aromatic heterocycles. The van der Waals surface area contributed by atoms with E-state index in [0.29, 0.717) is 23.9 Å². The van der Waals surface area contributed by atoms with Crippen molar-refractivity contribution in [1.82, 2.24) is 0 Å². The number of allylic oxidation sites excluding steroid dienone is 8. The number of quaternary nitrogens is 1. The quantitative estimate of drug-likeness (QED) is 0.110.